The summed E-state index contributed by atoms with van der Waals surface area (Å²) in [6.07, 6.45) is 3.25. The number of amides is 1. The van der Waals surface area contributed by atoms with Crippen LogP contribution in [0.4, 0.5) is 0 Å². The summed E-state index contributed by atoms with van der Waals surface area (Å²) in [6, 6.07) is 11.4. The number of ether oxygens (including phenoxy) is 1. The van der Waals surface area contributed by atoms with E-state index in [9.17, 15) is 4.79 Å². The second-order valence-corrected chi connectivity index (χ2v) is 5.76. The van der Waals surface area contributed by atoms with Crippen LogP contribution >= 0.6 is 0 Å². The fourth-order valence-electron chi connectivity index (χ4n) is 2.79. The molecule has 25 heavy (non-hydrogen) atoms. The number of imidazole rings is 1. The van der Waals surface area contributed by atoms with Gasteiger partial charge in [-0.15, -0.1) is 0 Å². The Morgan fingerprint density at radius 1 is 1.20 bits per heavy atom. The topological polar surface area (TPSA) is 60.2 Å². The van der Waals surface area contributed by atoms with Crippen molar-refractivity contribution in [1.82, 2.24) is 19.4 Å². The van der Waals surface area contributed by atoms with Crippen molar-refractivity contribution in [2.24, 2.45) is 0 Å². The van der Waals surface area contributed by atoms with E-state index in [1.165, 1.54) is 0 Å². The molecule has 0 unspecified atom stereocenters. The van der Waals surface area contributed by atoms with Crippen LogP contribution in [0.2, 0.25) is 0 Å². The maximum atomic E-state index is 12.6. The van der Waals surface area contributed by atoms with E-state index in [1.54, 1.807) is 36.5 Å². The van der Waals surface area contributed by atoms with E-state index in [0.29, 0.717) is 31.9 Å². The molecule has 1 aromatic carbocycles. The molecule has 6 nitrogen and oxygen atoms in total. The Bertz CT molecular complexity index is 845. The van der Waals surface area contributed by atoms with Crippen LogP contribution in [0.15, 0.2) is 48.8 Å². The Morgan fingerprint density at radius 2 is 1.96 bits per heavy atom. The molecule has 6 heteroatoms. The fraction of sp³-hybridized carbons (Fsp3) is 0.316. The van der Waals surface area contributed by atoms with Crippen molar-refractivity contribution in [3.63, 3.8) is 0 Å². The summed E-state index contributed by atoms with van der Waals surface area (Å²) in [7, 11) is 1.79. The molecular weight excluding hydrogens is 316 g/mol. The fourth-order valence-corrected chi connectivity index (χ4v) is 2.79. The Morgan fingerprint density at radius 3 is 2.72 bits per heavy atom. The first kappa shape index (κ1) is 17.1. The summed E-state index contributed by atoms with van der Waals surface area (Å²) in [5.41, 5.74) is 2.61. The highest BCUT2D eigenvalue weighted by atomic mass is 16.5. The lowest BCUT2D eigenvalue weighted by Crippen LogP contribution is -2.28. The summed E-state index contributed by atoms with van der Waals surface area (Å²) in [4.78, 5) is 22.9. The van der Waals surface area contributed by atoms with Crippen LogP contribution in [0, 0.1) is 0 Å². The van der Waals surface area contributed by atoms with Crippen LogP contribution in [-0.2, 0) is 17.8 Å². The van der Waals surface area contributed by atoms with Gasteiger partial charge in [-0.2, -0.15) is 0 Å². The molecule has 0 aliphatic carbocycles. The molecule has 0 saturated heterocycles. The molecule has 130 valence electrons. The standard InChI is InChI=1S/C19H22N4O2/c1-3-25-13-12-23-17-7-5-4-6-16(17)21-18(23)14-22(2)19(24)15-8-10-20-11-9-15/h4-11H,3,12-14H2,1-2H3. The van der Waals surface area contributed by atoms with Crippen LogP contribution in [0.25, 0.3) is 11.0 Å². The zero-order valence-corrected chi connectivity index (χ0v) is 14.6. The van der Waals surface area contributed by atoms with Crippen LogP contribution in [-0.4, -0.2) is 45.6 Å². The average molecular weight is 338 g/mol. The molecular formula is C19H22N4O2. The first-order valence-corrected chi connectivity index (χ1v) is 8.38. The number of hydrogen-bond acceptors (Lipinski definition) is 4. The van der Waals surface area contributed by atoms with Gasteiger partial charge in [-0.05, 0) is 31.2 Å². The molecule has 0 aliphatic rings. The zero-order valence-electron chi connectivity index (χ0n) is 14.6. The van der Waals surface area contributed by atoms with Gasteiger partial charge in [0.05, 0.1) is 24.2 Å². The number of benzene rings is 1. The highest BCUT2D eigenvalue weighted by molar-refractivity contribution is 5.93. The van der Waals surface area contributed by atoms with Crippen LogP contribution in [0.5, 0.6) is 0 Å². The van der Waals surface area contributed by atoms with Crippen molar-refractivity contribution in [3.8, 4) is 0 Å². The first-order valence-electron chi connectivity index (χ1n) is 8.38. The van der Waals surface area contributed by atoms with E-state index in [2.05, 4.69) is 9.55 Å². The number of nitrogens with zero attached hydrogens (tertiary/aromatic N) is 4. The van der Waals surface area contributed by atoms with Crippen molar-refractivity contribution >= 4 is 16.9 Å². The Balaban J connectivity index is 1.84. The molecule has 3 aromatic rings. The summed E-state index contributed by atoms with van der Waals surface area (Å²) >= 11 is 0. The van der Waals surface area contributed by atoms with Crippen molar-refractivity contribution < 1.29 is 9.53 Å². The van der Waals surface area contributed by atoms with Gasteiger partial charge in [0.1, 0.15) is 5.82 Å². The van der Waals surface area contributed by atoms with E-state index in [1.807, 2.05) is 31.2 Å². The van der Waals surface area contributed by atoms with Gasteiger partial charge in [-0.3, -0.25) is 9.78 Å². The van der Waals surface area contributed by atoms with E-state index < -0.39 is 0 Å². The lowest BCUT2D eigenvalue weighted by Gasteiger charge is -2.18. The molecule has 0 N–H and O–H groups in total. The summed E-state index contributed by atoms with van der Waals surface area (Å²) in [5.74, 6) is 0.802. The predicted molar refractivity (Wildman–Crippen MR) is 96.3 cm³/mol. The normalized spacial score (nSPS) is 11.0. The van der Waals surface area contributed by atoms with Gasteiger partial charge >= 0.3 is 0 Å². The van der Waals surface area contributed by atoms with Gasteiger partial charge in [0, 0.05) is 38.2 Å². The third-order valence-corrected chi connectivity index (χ3v) is 4.05. The van der Waals surface area contributed by atoms with Gasteiger partial charge < -0.3 is 14.2 Å². The molecule has 2 aromatic heterocycles. The number of aromatic nitrogens is 3. The number of carbonyl (C=O) groups is 1. The molecule has 0 radical (unpaired) electrons. The molecule has 0 bridgehead atoms. The zero-order chi connectivity index (χ0) is 17.6. The van der Waals surface area contributed by atoms with E-state index in [-0.39, 0.29) is 5.91 Å². The number of hydrogen-bond donors (Lipinski definition) is 0. The van der Waals surface area contributed by atoms with Gasteiger partial charge in [0.25, 0.3) is 5.91 Å². The van der Waals surface area contributed by atoms with Gasteiger partial charge in [-0.1, -0.05) is 12.1 Å². The molecule has 0 aliphatic heterocycles. The summed E-state index contributed by atoms with van der Waals surface area (Å²) < 4.78 is 7.62. The predicted octanol–water partition coefficient (Wildman–Crippen LogP) is 2.74. The minimum Gasteiger partial charge on any atom is -0.380 e. The minimum absolute atomic E-state index is 0.0502. The van der Waals surface area contributed by atoms with Gasteiger partial charge in [-0.25, -0.2) is 4.98 Å². The van der Waals surface area contributed by atoms with Crippen LogP contribution < -0.4 is 0 Å². The number of pyridine rings is 1. The molecule has 0 spiro atoms. The SMILES string of the molecule is CCOCCn1c(CN(C)C(=O)c2ccncc2)nc2ccccc21. The molecule has 0 atom stereocenters. The third-order valence-electron chi connectivity index (χ3n) is 4.05. The lowest BCUT2D eigenvalue weighted by atomic mass is 10.2. The average Bonchev–Trinajstić information content (AvgIpc) is 2.99. The second-order valence-electron chi connectivity index (χ2n) is 5.76. The number of para-hydroxylation sites is 2. The van der Waals surface area contributed by atoms with E-state index in [4.69, 9.17) is 9.72 Å². The Kier molecular flexibility index (Phi) is 5.40. The lowest BCUT2D eigenvalue weighted by molar-refractivity contribution is 0.0779. The number of carbonyl (C=O) groups excluding carboxylic acids is 1. The number of rotatable bonds is 7. The highest BCUT2D eigenvalue weighted by Crippen LogP contribution is 2.17. The second kappa shape index (κ2) is 7.90. The van der Waals surface area contributed by atoms with Crippen molar-refractivity contribution in [2.75, 3.05) is 20.3 Å². The Hall–Kier alpha value is -2.73. The summed E-state index contributed by atoms with van der Waals surface area (Å²) in [5, 5.41) is 0. The minimum atomic E-state index is -0.0502. The monoisotopic (exact) mass is 338 g/mol. The van der Waals surface area contributed by atoms with Crippen molar-refractivity contribution in [1.29, 1.82) is 0 Å². The highest BCUT2D eigenvalue weighted by Gasteiger charge is 2.16. The first-order chi connectivity index (χ1) is 12.2. The largest absolute Gasteiger partial charge is 0.380 e. The molecule has 3 rings (SSSR count). The quantitative estimate of drug-likeness (QED) is 0.622. The van der Waals surface area contributed by atoms with Crippen LogP contribution in [0.1, 0.15) is 23.1 Å². The maximum absolute atomic E-state index is 12.6. The van der Waals surface area contributed by atoms with Gasteiger partial charge in [0.15, 0.2) is 0 Å². The van der Waals surface area contributed by atoms with E-state index in [0.717, 1.165) is 16.9 Å². The maximum Gasteiger partial charge on any atom is 0.254 e. The van der Waals surface area contributed by atoms with E-state index >= 15 is 0 Å². The number of fused-ring (bicyclic) bond motifs is 1. The van der Waals surface area contributed by atoms with Crippen LogP contribution in [0.3, 0.4) is 0 Å². The van der Waals surface area contributed by atoms with Crippen molar-refractivity contribution in [3.05, 3.63) is 60.2 Å². The summed E-state index contributed by atoms with van der Waals surface area (Å²) in [6.45, 7) is 4.42. The smallest absolute Gasteiger partial charge is 0.254 e. The Labute approximate surface area is 147 Å². The molecule has 1 amide bonds. The molecule has 2 heterocycles. The molecule has 0 fully saturated rings. The van der Waals surface area contributed by atoms with Crippen molar-refractivity contribution in [2.45, 2.75) is 20.0 Å². The molecule has 0 saturated carbocycles. The third kappa shape index (κ3) is 3.85. The van der Waals surface area contributed by atoms with Gasteiger partial charge in [0.2, 0.25) is 0 Å².